The molecule has 1 aromatic carbocycles. The highest BCUT2D eigenvalue weighted by Crippen LogP contribution is 2.40. The lowest BCUT2D eigenvalue weighted by Crippen LogP contribution is -2.50. The molecule has 1 saturated heterocycles. The first-order valence-corrected chi connectivity index (χ1v) is 15.1. The number of rotatable bonds is 12. The molecule has 3 aromatic rings. The van der Waals surface area contributed by atoms with Crippen LogP contribution in [-0.2, 0) is 4.79 Å². The van der Waals surface area contributed by atoms with Gasteiger partial charge in [0.15, 0.2) is 17.3 Å². The van der Waals surface area contributed by atoms with Crippen molar-refractivity contribution in [3.8, 4) is 16.3 Å². The number of ether oxygens (including phenoxy) is 1. The molecule has 1 aliphatic carbocycles. The van der Waals surface area contributed by atoms with E-state index in [2.05, 4.69) is 48.4 Å². The second kappa shape index (κ2) is 13.4. The van der Waals surface area contributed by atoms with Crippen molar-refractivity contribution in [2.24, 2.45) is 5.92 Å². The lowest BCUT2D eigenvalue weighted by molar-refractivity contribution is -0.117. The minimum Gasteiger partial charge on any atom is -0.494 e. The third-order valence-electron chi connectivity index (χ3n) is 7.42. The van der Waals surface area contributed by atoms with E-state index >= 15 is 0 Å². The van der Waals surface area contributed by atoms with E-state index < -0.39 is 11.1 Å². The van der Waals surface area contributed by atoms with Gasteiger partial charge in [-0.05, 0) is 57.8 Å². The molecule has 1 saturated carbocycles. The summed E-state index contributed by atoms with van der Waals surface area (Å²) in [4.78, 5) is 45.4. The second-order valence-electron chi connectivity index (χ2n) is 11.0. The Morgan fingerprint density at radius 2 is 1.91 bits per heavy atom. The average molecular weight is 608 g/mol. The number of anilines is 3. The minimum absolute atomic E-state index is 0.0698. The number of methoxy groups -OCH3 is 1. The highest BCUT2D eigenvalue weighted by atomic mass is 32.1. The van der Waals surface area contributed by atoms with E-state index in [0.717, 1.165) is 32.2 Å². The molecule has 3 heterocycles. The van der Waals surface area contributed by atoms with Gasteiger partial charge in [0.25, 0.3) is 11.8 Å². The Balaban J connectivity index is 1.37. The summed E-state index contributed by atoms with van der Waals surface area (Å²) in [6, 6.07) is 7.27. The van der Waals surface area contributed by atoms with Gasteiger partial charge in [-0.15, -0.1) is 21.5 Å². The summed E-state index contributed by atoms with van der Waals surface area (Å²) in [5.74, 6) is -0.682. The fourth-order valence-electron chi connectivity index (χ4n) is 5.00. The van der Waals surface area contributed by atoms with E-state index in [0.29, 0.717) is 39.5 Å². The molecule has 6 radical (unpaired) electrons. The van der Waals surface area contributed by atoms with Gasteiger partial charge in [-0.1, -0.05) is 11.3 Å². The summed E-state index contributed by atoms with van der Waals surface area (Å²) in [7, 11) is 20.3. The number of benzene rings is 1. The predicted molar refractivity (Wildman–Crippen MR) is 171 cm³/mol. The Labute approximate surface area is 263 Å². The summed E-state index contributed by atoms with van der Waals surface area (Å²) < 4.78 is 5.75. The molecule has 2 aliphatic rings. The van der Waals surface area contributed by atoms with Gasteiger partial charge in [-0.25, -0.2) is 4.98 Å². The highest BCUT2D eigenvalue weighted by molar-refractivity contribution is 7.17. The quantitative estimate of drug-likeness (QED) is 0.226. The lowest BCUT2D eigenvalue weighted by atomic mass is 9.49. The fraction of sp³-hybridized carbons (Fsp3) is 0.429. The molecular weight excluding hydrogens is 577 g/mol. The number of thiazole rings is 1. The zero-order chi connectivity index (χ0) is 31.4. The predicted octanol–water partition coefficient (Wildman–Crippen LogP) is 1.76. The first-order chi connectivity index (χ1) is 21.0. The standard InChI is InChI=1S/C28H31B3N8O4S/c1-39-12-4-5-16(39)10-11-32-25(41)20-14-33-27(44-20)17-6-3-7-18(23(17)43-2)34-19-13-21(35-24(40)15-8-9-15)37-38-22(19)26(42)36-28(29,30)31/h3,6-7,13-16H,4-5,8-12H2,1-2H3,(H,32,41)(H,36,42)(H2,34,35,37,40). The normalized spacial score (nSPS) is 16.7. The molecule has 5 rings (SSSR count). The Morgan fingerprint density at radius 3 is 2.59 bits per heavy atom. The number of amides is 3. The van der Waals surface area contributed by atoms with Gasteiger partial charge < -0.3 is 30.9 Å². The van der Waals surface area contributed by atoms with Crippen LogP contribution in [0.3, 0.4) is 0 Å². The van der Waals surface area contributed by atoms with Crippen molar-refractivity contribution in [1.29, 1.82) is 0 Å². The summed E-state index contributed by atoms with van der Waals surface area (Å²) in [6.07, 6.45) is 6.38. The second-order valence-corrected chi connectivity index (χ2v) is 12.0. The Kier molecular flexibility index (Phi) is 9.59. The topological polar surface area (TPSA) is 150 Å². The van der Waals surface area contributed by atoms with E-state index in [-0.39, 0.29) is 34.9 Å². The van der Waals surface area contributed by atoms with Crippen LogP contribution in [0.1, 0.15) is 52.3 Å². The molecule has 16 heteroatoms. The molecule has 1 atom stereocenters. The van der Waals surface area contributed by atoms with E-state index in [1.54, 1.807) is 18.3 Å². The highest BCUT2D eigenvalue weighted by Gasteiger charge is 2.30. The molecule has 2 fully saturated rings. The summed E-state index contributed by atoms with van der Waals surface area (Å²) in [6.45, 7) is 1.68. The third-order valence-corrected chi connectivity index (χ3v) is 8.45. The maximum atomic E-state index is 12.9. The van der Waals surface area contributed by atoms with Gasteiger partial charge in [0.2, 0.25) is 5.91 Å². The molecule has 1 aliphatic heterocycles. The number of carbonyl (C=O) groups is 3. The van der Waals surface area contributed by atoms with Crippen molar-refractivity contribution in [2.45, 2.75) is 43.4 Å². The zero-order valence-electron chi connectivity index (χ0n) is 24.6. The van der Waals surface area contributed by atoms with Crippen molar-refractivity contribution in [3.05, 3.63) is 41.0 Å². The molecule has 2 aromatic heterocycles. The largest absolute Gasteiger partial charge is 0.494 e. The molecular formula is C28H31B3N8O4S. The van der Waals surface area contributed by atoms with Crippen LogP contribution in [0.2, 0.25) is 0 Å². The van der Waals surface area contributed by atoms with Gasteiger partial charge in [0.1, 0.15) is 9.88 Å². The van der Waals surface area contributed by atoms with Gasteiger partial charge >= 0.3 is 0 Å². The summed E-state index contributed by atoms with van der Waals surface area (Å²) in [5.41, 5.74) is 1.07. The summed E-state index contributed by atoms with van der Waals surface area (Å²) >= 11 is 1.24. The lowest BCUT2D eigenvalue weighted by Gasteiger charge is -2.23. The molecule has 222 valence electrons. The monoisotopic (exact) mass is 608 g/mol. The van der Waals surface area contributed by atoms with Crippen LogP contribution in [0.25, 0.3) is 10.6 Å². The van der Waals surface area contributed by atoms with Crippen LogP contribution in [0.15, 0.2) is 30.5 Å². The number of carbonyl (C=O) groups excluding carboxylic acids is 3. The third kappa shape index (κ3) is 7.78. The van der Waals surface area contributed by atoms with Crippen LogP contribution in [-0.4, -0.2) is 99.9 Å². The van der Waals surface area contributed by atoms with Gasteiger partial charge in [-0.3, -0.25) is 14.4 Å². The SMILES string of the molecule is [B]C([B])([B])NC(=O)c1nnc(NC(=O)C2CC2)cc1Nc1cccc(-c2ncc(C(=O)NCCC3CCCN3C)s2)c1OC. The van der Waals surface area contributed by atoms with Crippen molar-refractivity contribution in [1.82, 2.24) is 30.7 Å². The number of hydrogen-bond acceptors (Lipinski definition) is 10. The number of aromatic nitrogens is 3. The molecule has 3 amide bonds. The average Bonchev–Trinajstić information content (AvgIpc) is 3.57. The van der Waals surface area contributed by atoms with E-state index in [1.165, 1.54) is 30.9 Å². The number of nitrogens with zero attached hydrogens (tertiary/aromatic N) is 4. The van der Waals surface area contributed by atoms with Crippen molar-refractivity contribution in [2.75, 3.05) is 37.9 Å². The number of hydrogen-bond donors (Lipinski definition) is 4. The molecule has 44 heavy (non-hydrogen) atoms. The van der Waals surface area contributed by atoms with E-state index in [1.807, 2.05) is 6.07 Å². The first-order valence-electron chi connectivity index (χ1n) is 14.3. The minimum atomic E-state index is -2.01. The van der Waals surface area contributed by atoms with Crippen LogP contribution in [0, 0.1) is 5.92 Å². The van der Waals surface area contributed by atoms with Crippen molar-refractivity contribution in [3.63, 3.8) is 0 Å². The number of likely N-dealkylation sites (tertiary alicyclic amines) is 1. The first kappa shape index (κ1) is 31.5. The molecule has 12 nitrogen and oxygen atoms in total. The van der Waals surface area contributed by atoms with Crippen LogP contribution in [0.5, 0.6) is 5.75 Å². The van der Waals surface area contributed by atoms with Gasteiger partial charge in [0.05, 0.1) is 53.8 Å². The van der Waals surface area contributed by atoms with Gasteiger partial charge in [-0.2, -0.15) is 0 Å². The number of nitrogens with one attached hydrogen (secondary N) is 4. The molecule has 0 spiro atoms. The summed E-state index contributed by atoms with van der Waals surface area (Å²) in [5, 5.41) is 17.6. The Bertz CT molecular complexity index is 1550. The fourth-order valence-corrected chi connectivity index (χ4v) is 5.86. The smallest absolute Gasteiger partial charge is 0.272 e. The maximum absolute atomic E-state index is 12.9. The Morgan fingerprint density at radius 1 is 1.11 bits per heavy atom. The van der Waals surface area contributed by atoms with Crippen molar-refractivity contribution >= 4 is 69.8 Å². The van der Waals surface area contributed by atoms with Crippen LogP contribution < -0.4 is 26.0 Å². The maximum Gasteiger partial charge on any atom is 0.272 e. The van der Waals surface area contributed by atoms with E-state index in [9.17, 15) is 14.4 Å². The number of para-hydroxylation sites is 1. The molecule has 0 bridgehead atoms. The van der Waals surface area contributed by atoms with Crippen LogP contribution >= 0.6 is 11.3 Å². The molecule has 1 unspecified atom stereocenters. The molecule has 4 N–H and O–H groups in total. The van der Waals surface area contributed by atoms with Gasteiger partial charge in [0, 0.05) is 24.6 Å². The Hall–Kier alpha value is -3.91. The van der Waals surface area contributed by atoms with Crippen molar-refractivity contribution < 1.29 is 19.1 Å². The van der Waals surface area contributed by atoms with Crippen LogP contribution in [0.4, 0.5) is 17.2 Å². The zero-order valence-corrected chi connectivity index (χ0v) is 25.4. The van der Waals surface area contributed by atoms with E-state index in [4.69, 9.17) is 28.3 Å².